The number of aromatic nitrogens is 2. The van der Waals surface area contributed by atoms with Gasteiger partial charge in [-0.2, -0.15) is 0 Å². The lowest BCUT2D eigenvalue weighted by atomic mass is 10.0. The van der Waals surface area contributed by atoms with E-state index in [0.717, 1.165) is 29.5 Å². The van der Waals surface area contributed by atoms with Crippen LogP contribution < -0.4 is 10.6 Å². The Balaban J connectivity index is 1.69. The molecule has 1 unspecified atom stereocenters. The largest absolute Gasteiger partial charge is 0.331 e. The van der Waals surface area contributed by atoms with Crippen molar-refractivity contribution >= 4 is 11.8 Å². The van der Waals surface area contributed by atoms with Crippen molar-refractivity contribution in [1.82, 2.24) is 15.3 Å². The average Bonchev–Trinajstić information content (AvgIpc) is 3.33. The molecule has 2 amide bonds. The van der Waals surface area contributed by atoms with Crippen LogP contribution in [0.3, 0.4) is 0 Å². The lowest BCUT2D eigenvalue weighted by Crippen LogP contribution is -2.34. The number of carbonyl (C=O) groups is 1. The molecule has 1 aliphatic rings. The minimum atomic E-state index is -0.215. The van der Waals surface area contributed by atoms with Gasteiger partial charge < -0.3 is 5.32 Å². The molecule has 0 saturated heterocycles. The van der Waals surface area contributed by atoms with Gasteiger partial charge in [0.25, 0.3) is 0 Å². The molecular formula is C17H20N4O. The number of urea groups is 1. The van der Waals surface area contributed by atoms with Crippen molar-refractivity contribution < 1.29 is 4.79 Å². The maximum absolute atomic E-state index is 12.3. The van der Waals surface area contributed by atoms with E-state index in [2.05, 4.69) is 20.6 Å². The van der Waals surface area contributed by atoms with E-state index in [1.54, 1.807) is 18.6 Å². The van der Waals surface area contributed by atoms with Crippen LogP contribution in [0.4, 0.5) is 10.6 Å². The first-order chi connectivity index (χ1) is 10.6. The highest BCUT2D eigenvalue weighted by Gasteiger charge is 2.33. The summed E-state index contributed by atoms with van der Waals surface area (Å²) in [5.74, 6) is 1.12. The second kappa shape index (κ2) is 6.13. The Morgan fingerprint density at radius 2 is 2.00 bits per heavy atom. The number of rotatable bonds is 4. The Morgan fingerprint density at radius 3 is 2.64 bits per heavy atom. The van der Waals surface area contributed by atoms with Crippen molar-refractivity contribution in [2.24, 2.45) is 5.92 Å². The molecule has 2 N–H and O–H groups in total. The molecule has 1 fully saturated rings. The van der Waals surface area contributed by atoms with Crippen LogP contribution in [0.1, 0.15) is 35.6 Å². The van der Waals surface area contributed by atoms with E-state index in [4.69, 9.17) is 0 Å². The van der Waals surface area contributed by atoms with Gasteiger partial charge in [0.1, 0.15) is 5.82 Å². The van der Waals surface area contributed by atoms with E-state index in [1.165, 1.54) is 0 Å². The molecule has 0 radical (unpaired) electrons. The smallest absolute Gasteiger partial charge is 0.320 e. The third kappa shape index (κ3) is 3.42. The van der Waals surface area contributed by atoms with Crippen LogP contribution in [0.2, 0.25) is 0 Å². The Hall–Kier alpha value is -2.43. The minimum Gasteiger partial charge on any atom is -0.331 e. The van der Waals surface area contributed by atoms with E-state index < -0.39 is 0 Å². The number of nitrogens with one attached hydrogen (secondary N) is 2. The SMILES string of the molecule is Cc1cnc(NC(=O)NC(c2ccncc2)C2CC2)c(C)c1. The van der Waals surface area contributed by atoms with Crippen LogP contribution in [-0.2, 0) is 0 Å². The third-order valence-corrected chi connectivity index (χ3v) is 3.89. The standard InChI is InChI=1S/C17H20N4O/c1-11-9-12(2)16(19-10-11)21-17(22)20-15(13-3-4-13)14-5-7-18-8-6-14/h5-10,13,15H,3-4H2,1-2H3,(H2,19,20,21,22). The Labute approximate surface area is 130 Å². The Bertz CT molecular complexity index is 668. The predicted molar refractivity (Wildman–Crippen MR) is 85.6 cm³/mol. The molecule has 114 valence electrons. The van der Waals surface area contributed by atoms with Crippen LogP contribution in [0, 0.1) is 19.8 Å². The van der Waals surface area contributed by atoms with Crippen LogP contribution in [0.5, 0.6) is 0 Å². The summed E-state index contributed by atoms with van der Waals surface area (Å²) < 4.78 is 0. The highest BCUT2D eigenvalue weighted by atomic mass is 16.2. The number of anilines is 1. The summed E-state index contributed by atoms with van der Waals surface area (Å²) in [6.45, 7) is 3.92. The zero-order valence-corrected chi connectivity index (χ0v) is 12.8. The molecule has 3 rings (SSSR count). The first kappa shape index (κ1) is 14.5. The van der Waals surface area contributed by atoms with E-state index >= 15 is 0 Å². The molecule has 1 saturated carbocycles. The number of nitrogens with zero attached hydrogens (tertiary/aromatic N) is 2. The number of hydrogen-bond donors (Lipinski definition) is 2. The van der Waals surface area contributed by atoms with Crippen LogP contribution in [0.25, 0.3) is 0 Å². The third-order valence-electron chi connectivity index (χ3n) is 3.89. The summed E-state index contributed by atoms with van der Waals surface area (Å²) >= 11 is 0. The Kier molecular flexibility index (Phi) is 4.04. The second-order valence-corrected chi connectivity index (χ2v) is 5.87. The van der Waals surface area contributed by atoms with Gasteiger partial charge in [0, 0.05) is 18.6 Å². The van der Waals surface area contributed by atoms with Gasteiger partial charge in [-0.3, -0.25) is 10.3 Å². The normalized spacial score (nSPS) is 15.2. The summed E-state index contributed by atoms with van der Waals surface area (Å²) in [4.78, 5) is 20.6. The molecule has 0 spiro atoms. The number of amides is 2. The minimum absolute atomic E-state index is 0.0359. The maximum atomic E-state index is 12.3. The summed E-state index contributed by atoms with van der Waals surface area (Å²) in [5.41, 5.74) is 3.14. The Morgan fingerprint density at radius 1 is 1.27 bits per heavy atom. The second-order valence-electron chi connectivity index (χ2n) is 5.87. The van der Waals surface area contributed by atoms with Gasteiger partial charge in [-0.1, -0.05) is 6.07 Å². The van der Waals surface area contributed by atoms with Gasteiger partial charge >= 0.3 is 6.03 Å². The van der Waals surface area contributed by atoms with Crippen LogP contribution in [0.15, 0.2) is 36.8 Å². The van der Waals surface area contributed by atoms with Crippen molar-refractivity contribution in [1.29, 1.82) is 0 Å². The number of aryl methyl sites for hydroxylation is 2. The first-order valence-electron chi connectivity index (χ1n) is 7.54. The monoisotopic (exact) mass is 296 g/mol. The van der Waals surface area contributed by atoms with E-state index in [1.807, 2.05) is 32.0 Å². The molecule has 5 heteroatoms. The van der Waals surface area contributed by atoms with E-state index in [9.17, 15) is 4.79 Å². The van der Waals surface area contributed by atoms with Gasteiger partial charge in [-0.05, 0) is 61.4 Å². The van der Waals surface area contributed by atoms with Crippen molar-refractivity contribution in [2.45, 2.75) is 32.7 Å². The van der Waals surface area contributed by atoms with Crippen molar-refractivity contribution in [2.75, 3.05) is 5.32 Å². The number of pyridine rings is 2. The average molecular weight is 296 g/mol. The van der Waals surface area contributed by atoms with E-state index in [0.29, 0.717) is 11.7 Å². The van der Waals surface area contributed by atoms with Crippen LogP contribution in [-0.4, -0.2) is 16.0 Å². The fourth-order valence-electron chi connectivity index (χ4n) is 2.60. The van der Waals surface area contributed by atoms with Crippen molar-refractivity contribution in [3.63, 3.8) is 0 Å². The fourth-order valence-corrected chi connectivity index (χ4v) is 2.60. The van der Waals surface area contributed by atoms with Gasteiger partial charge in [0.15, 0.2) is 0 Å². The molecule has 22 heavy (non-hydrogen) atoms. The molecule has 0 aliphatic heterocycles. The molecular weight excluding hydrogens is 276 g/mol. The molecule has 0 bridgehead atoms. The number of hydrogen-bond acceptors (Lipinski definition) is 3. The molecule has 0 aromatic carbocycles. The van der Waals surface area contributed by atoms with Crippen molar-refractivity contribution in [3.05, 3.63) is 53.5 Å². The molecule has 2 aromatic heterocycles. The summed E-state index contributed by atoms with van der Waals surface area (Å²) in [5, 5.41) is 5.91. The van der Waals surface area contributed by atoms with Gasteiger partial charge in [0.05, 0.1) is 6.04 Å². The first-order valence-corrected chi connectivity index (χ1v) is 7.54. The summed E-state index contributed by atoms with van der Waals surface area (Å²) in [7, 11) is 0. The van der Waals surface area contributed by atoms with E-state index in [-0.39, 0.29) is 12.1 Å². The predicted octanol–water partition coefficient (Wildman–Crippen LogP) is 3.37. The molecule has 2 aromatic rings. The molecule has 2 heterocycles. The summed E-state index contributed by atoms with van der Waals surface area (Å²) in [6.07, 6.45) is 7.57. The molecule has 1 atom stereocenters. The number of carbonyl (C=O) groups excluding carboxylic acids is 1. The molecule has 1 aliphatic carbocycles. The maximum Gasteiger partial charge on any atom is 0.320 e. The zero-order chi connectivity index (χ0) is 15.5. The molecule has 5 nitrogen and oxygen atoms in total. The highest BCUT2D eigenvalue weighted by molar-refractivity contribution is 5.89. The topological polar surface area (TPSA) is 66.9 Å². The van der Waals surface area contributed by atoms with Gasteiger partial charge in [-0.15, -0.1) is 0 Å². The van der Waals surface area contributed by atoms with Gasteiger partial charge in [0.2, 0.25) is 0 Å². The zero-order valence-electron chi connectivity index (χ0n) is 12.8. The lowest BCUT2D eigenvalue weighted by molar-refractivity contribution is 0.247. The highest BCUT2D eigenvalue weighted by Crippen LogP contribution is 2.40. The quantitative estimate of drug-likeness (QED) is 0.909. The van der Waals surface area contributed by atoms with Crippen molar-refractivity contribution in [3.8, 4) is 0 Å². The fraction of sp³-hybridized carbons (Fsp3) is 0.353. The summed E-state index contributed by atoms with van der Waals surface area (Å²) in [6, 6.07) is 5.74. The lowest BCUT2D eigenvalue weighted by Gasteiger charge is -2.19. The van der Waals surface area contributed by atoms with Crippen LogP contribution >= 0.6 is 0 Å². The van der Waals surface area contributed by atoms with Gasteiger partial charge in [-0.25, -0.2) is 9.78 Å².